The number of nitrogens with one attached hydrogen (secondary N) is 1. The van der Waals surface area contributed by atoms with E-state index in [0.717, 1.165) is 16.6 Å². The van der Waals surface area contributed by atoms with E-state index in [4.69, 9.17) is 0 Å². The Balaban J connectivity index is 2.03. The van der Waals surface area contributed by atoms with E-state index in [1.807, 2.05) is 34.9 Å². The standard InChI is InChI=1S/C16H11N5O/c17-8-11-14(10-4-3-7-18-9-10)21-13-6-2-1-5-12(13)19-16(21)20-15(11)22/h1-7,9,11,14H,(H,19,20,22)/t11-,14-/m1/s1. The average molecular weight is 289 g/mol. The molecule has 0 fully saturated rings. The fraction of sp³-hybridized carbons (Fsp3) is 0.125. The summed E-state index contributed by atoms with van der Waals surface area (Å²) in [4.78, 5) is 20.8. The Bertz CT molecular complexity index is 909. The molecule has 0 spiro atoms. The lowest BCUT2D eigenvalue weighted by Crippen LogP contribution is -2.37. The first-order chi connectivity index (χ1) is 10.8. The maximum Gasteiger partial charge on any atom is 0.246 e. The van der Waals surface area contributed by atoms with E-state index in [1.54, 1.807) is 18.5 Å². The number of benzene rings is 1. The van der Waals surface area contributed by atoms with E-state index in [2.05, 4.69) is 21.4 Å². The molecular weight excluding hydrogens is 278 g/mol. The van der Waals surface area contributed by atoms with Crippen LogP contribution in [0.5, 0.6) is 0 Å². The summed E-state index contributed by atoms with van der Waals surface area (Å²) in [5, 5.41) is 12.2. The van der Waals surface area contributed by atoms with Gasteiger partial charge in [0.1, 0.15) is 0 Å². The third kappa shape index (κ3) is 1.69. The minimum absolute atomic E-state index is 0.334. The Morgan fingerprint density at radius 1 is 1.23 bits per heavy atom. The number of fused-ring (bicyclic) bond motifs is 3. The summed E-state index contributed by atoms with van der Waals surface area (Å²) in [5.74, 6) is -0.694. The number of nitrogens with zero attached hydrogens (tertiary/aromatic N) is 4. The fourth-order valence-electron chi connectivity index (χ4n) is 2.92. The summed E-state index contributed by atoms with van der Waals surface area (Å²) in [6.07, 6.45) is 3.35. The summed E-state index contributed by atoms with van der Waals surface area (Å²) >= 11 is 0. The van der Waals surface area contributed by atoms with Crippen LogP contribution < -0.4 is 5.32 Å². The van der Waals surface area contributed by atoms with Gasteiger partial charge in [0.05, 0.1) is 23.1 Å². The molecule has 4 rings (SSSR count). The molecule has 1 aromatic carbocycles. The highest BCUT2D eigenvalue weighted by Gasteiger charge is 2.38. The summed E-state index contributed by atoms with van der Waals surface area (Å²) in [6, 6.07) is 13.0. The van der Waals surface area contributed by atoms with Crippen LogP contribution in [0.15, 0.2) is 48.8 Å². The third-order valence-electron chi connectivity index (χ3n) is 3.87. The van der Waals surface area contributed by atoms with Crippen molar-refractivity contribution in [1.29, 1.82) is 5.26 Å². The Kier molecular flexibility index (Phi) is 2.66. The van der Waals surface area contributed by atoms with Crippen molar-refractivity contribution in [3.05, 3.63) is 54.4 Å². The van der Waals surface area contributed by atoms with Crippen molar-refractivity contribution in [3.8, 4) is 6.07 Å². The van der Waals surface area contributed by atoms with E-state index in [0.29, 0.717) is 5.95 Å². The number of nitriles is 1. The lowest BCUT2D eigenvalue weighted by Gasteiger charge is -2.29. The van der Waals surface area contributed by atoms with Gasteiger partial charge in [0.2, 0.25) is 11.9 Å². The van der Waals surface area contributed by atoms with Gasteiger partial charge in [-0.1, -0.05) is 18.2 Å². The third-order valence-corrected chi connectivity index (χ3v) is 3.87. The Hall–Kier alpha value is -3.20. The SMILES string of the molecule is N#C[C@H]1C(=O)Nc2nc3ccccc3n2[C@@H]1c1cccnc1. The highest BCUT2D eigenvalue weighted by atomic mass is 16.2. The first kappa shape index (κ1) is 12.5. The van der Waals surface area contributed by atoms with Gasteiger partial charge in [-0.25, -0.2) is 4.98 Å². The van der Waals surface area contributed by atoms with E-state index in [1.165, 1.54) is 0 Å². The van der Waals surface area contributed by atoms with Gasteiger partial charge in [-0.15, -0.1) is 0 Å². The van der Waals surface area contributed by atoms with Crippen molar-refractivity contribution in [2.75, 3.05) is 5.32 Å². The molecule has 6 heteroatoms. The second kappa shape index (κ2) is 4.67. The van der Waals surface area contributed by atoms with E-state index in [-0.39, 0.29) is 5.91 Å². The largest absolute Gasteiger partial charge is 0.300 e. The molecule has 1 aliphatic heterocycles. The minimum Gasteiger partial charge on any atom is -0.300 e. The van der Waals surface area contributed by atoms with Crippen molar-refractivity contribution >= 4 is 22.9 Å². The van der Waals surface area contributed by atoms with Gasteiger partial charge in [0.25, 0.3) is 0 Å². The van der Waals surface area contributed by atoms with Crippen LogP contribution in [-0.4, -0.2) is 20.4 Å². The number of anilines is 1. The molecule has 3 aromatic rings. The molecular formula is C16H11N5O. The van der Waals surface area contributed by atoms with Gasteiger partial charge >= 0.3 is 0 Å². The molecule has 1 aliphatic rings. The number of aromatic nitrogens is 3. The van der Waals surface area contributed by atoms with Gasteiger partial charge in [0, 0.05) is 12.4 Å². The van der Waals surface area contributed by atoms with Crippen LogP contribution >= 0.6 is 0 Å². The van der Waals surface area contributed by atoms with Crippen LogP contribution in [0.1, 0.15) is 11.6 Å². The number of carbonyl (C=O) groups is 1. The zero-order chi connectivity index (χ0) is 15.1. The number of imidazole rings is 1. The van der Waals surface area contributed by atoms with Crippen molar-refractivity contribution in [1.82, 2.24) is 14.5 Å². The topological polar surface area (TPSA) is 83.6 Å². The first-order valence-electron chi connectivity index (χ1n) is 6.87. The lowest BCUT2D eigenvalue weighted by atomic mass is 9.92. The molecule has 6 nitrogen and oxygen atoms in total. The highest BCUT2D eigenvalue weighted by Crippen LogP contribution is 2.37. The van der Waals surface area contributed by atoms with Gasteiger partial charge in [-0.05, 0) is 23.8 Å². The maximum atomic E-state index is 12.2. The number of amides is 1. The molecule has 106 valence electrons. The zero-order valence-electron chi connectivity index (χ0n) is 11.5. The van der Waals surface area contributed by atoms with Crippen LogP contribution in [0.2, 0.25) is 0 Å². The zero-order valence-corrected chi connectivity index (χ0v) is 11.5. The molecule has 0 bridgehead atoms. The molecule has 0 aliphatic carbocycles. The second-order valence-corrected chi connectivity index (χ2v) is 5.12. The van der Waals surface area contributed by atoms with E-state index < -0.39 is 12.0 Å². The fourth-order valence-corrected chi connectivity index (χ4v) is 2.92. The quantitative estimate of drug-likeness (QED) is 0.743. The molecule has 0 unspecified atom stereocenters. The van der Waals surface area contributed by atoms with Crippen molar-refractivity contribution in [2.45, 2.75) is 6.04 Å². The van der Waals surface area contributed by atoms with E-state index >= 15 is 0 Å². The summed E-state index contributed by atoms with van der Waals surface area (Å²) < 4.78 is 1.90. The number of para-hydroxylation sites is 2. The molecule has 22 heavy (non-hydrogen) atoms. The van der Waals surface area contributed by atoms with Crippen molar-refractivity contribution < 1.29 is 4.79 Å². The molecule has 0 radical (unpaired) electrons. The van der Waals surface area contributed by atoms with Gasteiger partial charge in [0.15, 0.2) is 5.92 Å². The number of hydrogen-bond donors (Lipinski definition) is 1. The summed E-state index contributed by atoms with van der Waals surface area (Å²) in [7, 11) is 0. The van der Waals surface area contributed by atoms with Crippen molar-refractivity contribution in [3.63, 3.8) is 0 Å². The van der Waals surface area contributed by atoms with Gasteiger partial charge in [-0.3, -0.25) is 15.1 Å². The number of pyridine rings is 1. The molecule has 1 N–H and O–H groups in total. The molecule has 3 heterocycles. The minimum atomic E-state index is -0.825. The Labute approximate surface area is 126 Å². The number of carbonyl (C=O) groups excluding carboxylic acids is 1. The van der Waals surface area contributed by atoms with Crippen LogP contribution in [0.4, 0.5) is 5.95 Å². The Morgan fingerprint density at radius 2 is 2.09 bits per heavy atom. The predicted molar refractivity (Wildman–Crippen MR) is 79.8 cm³/mol. The van der Waals surface area contributed by atoms with Crippen LogP contribution in [0.25, 0.3) is 11.0 Å². The number of rotatable bonds is 1. The lowest BCUT2D eigenvalue weighted by molar-refractivity contribution is -0.119. The molecule has 0 saturated heterocycles. The maximum absolute atomic E-state index is 12.2. The molecule has 1 amide bonds. The normalized spacial score (nSPS) is 20.2. The van der Waals surface area contributed by atoms with E-state index in [9.17, 15) is 10.1 Å². The number of hydrogen-bond acceptors (Lipinski definition) is 4. The van der Waals surface area contributed by atoms with Gasteiger partial charge < -0.3 is 4.57 Å². The molecule has 0 saturated carbocycles. The smallest absolute Gasteiger partial charge is 0.246 e. The van der Waals surface area contributed by atoms with Crippen molar-refractivity contribution in [2.24, 2.45) is 5.92 Å². The average Bonchev–Trinajstić information content (AvgIpc) is 2.92. The first-order valence-corrected chi connectivity index (χ1v) is 6.87. The predicted octanol–water partition coefficient (Wildman–Crippen LogP) is 2.11. The van der Waals surface area contributed by atoms with Gasteiger partial charge in [-0.2, -0.15) is 5.26 Å². The summed E-state index contributed by atoms with van der Waals surface area (Å²) in [5.41, 5.74) is 2.48. The van der Waals surface area contributed by atoms with Crippen LogP contribution in [-0.2, 0) is 4.79 Å². The van der Waals surface area contributed by atoms with Crippen LogP contribution in [0, 0.1) is 17.2 Å². The Morgan fingerprint density at radius 3 is 2.86 bits per heavy atom. The van der Waals surface area contributed by atoms with Crippen LogP contribution in [0.3, 0.4) is 0 Å². The second-order valence-electron chi connectivity index (χ2n) is 5.12. The molecule has 2 atom stereocenters. The monoisotopic (exact) mass is 289 g/mol. The summed E-state index contributed by atoms with van der Waals surface area (Å²) in [6.45, 7) is 0. The molecule has 2 aromatic heterocycles. The highest BCUT2D eigenvalue weighted by molar-refractivity contribution is 5.97.